The van der Waals surface area contributed by atoms with Crippen LogP contribution in [0.2, 0.25) is 0 Å². The summed E-state index contributed by atoms with van der Waals surface area (Å²) in [4.78, 5) is 11.1. The Balaban J connectivity index is 0.000001000. The van der Waals surface area contributed by atoms with Gasteiger partial charge in [0.25, 0.3) is 5.95 Å². The van der Waals surface area contributed by atoms with Crippen molar-refractivity contribution in [2.75, 3.05) is 0 Å². The molecular weight excluding hydrogens is 166 g/mol. The summed E-state index contributed by atoms with van der Waals surface area (Å²) in [5.41, 5.74) is 10.1. The molecular formula is C5H8ClN5. The molecule has 1 rings (SSSR count). The first-order chi connectivity index (χ1) is 4.79. The Labute approximate surface area is 70.0 Å². The molecule has 0 radical (unpaired) electrons. The minimum Gasteiger partial charge on any atom is -0.370 e. The summed E-state index contributed by atoms with van der Waals surface area (Å²) in [6.45, 7) is 0. The smallest absolute Gasteiger partial charge is 0.252 e. The molecule has 0 aliphatic carbocycles. The van der Waals surface area contributed by atoms with Gasteiger partial charge in [0.15, 0.2) is 5.96 Å². The zero-order valence-electron chi connectivity index (χ0n) is 5.64. The van der Waals surface area contributed by atoms with E-state index in [-0.39, 0.29) is 24.3 Å². The van der Waals surface area contributed by atoms with Gasteiger partial charge in [0, 0.05) is 12.4 Å². The molecule has 0 saturated carbocycles. The Morgan fingerprint density at radius 2 is 1.82 bits per heavy atom. The minimum absolute atomic E-state index is 0. The van der Waals surface area contributed by atoms with E-state index in [9.17, 15) is 0 Å². The van der Waals surface area contributed by atoms with Gasteiger partial charge in [-0.3, -0.25) is 0 Å². The van der Waals surface area contributed by atoms with Crippen LogP contribution in [0.3, 0.4) is 0 Å². The maximum Gasteiger partial charge on any atom is 0.252 e. The highest BCUT2D eigenvalue weighted by molar-refractivity contribution is 5.85. The van der Waals surface area contributed by atoms with E-state index in [1.165, 1.54) is 0 Å². The zero-order chi connectivity index (χ0) is 7.40. The number of nitrogens with zero attached hydrogens (tertiary/aromatic N) is 3. The average molecular weight is 174 g/mol. The van der Waals surface area contributed by atoms with E-state index < -0.39 is 0 Å². The molecule has 5 nitrogen and oxygen atoms in total. The molecule has 6 heteroatoms. The van der Waals surface area contributed by atoms with Gasteiger partial charge in [-0.2, -0.15) is 4.99 Å². The van der Waals surface area contributed by atoms with Gasteiger partial charge < -0.3 is 11.5 Å². The van der Waals surface area contributed by atoms with Crippen LogP contribution in [0, 0.1) is 0 Å². The monoisotopic (exact) mass is 173 g/mol. The number of guanidine groups is 1. The average Bonchev–Trinajstić information content (AvgIpc) is 1.88. The second-order valence-electron chi connectivity index (χ2n) is 1.59. The van der Waals surface area contributed by atoms with Crippen molar-refractivity contribution in [3.63, 3.8) is 0 Å². The second kappa shape index (κ2) is 4.45. The van der Waals surface area contributed by atoms with Gasteiger partial charge in [0.2, 0.25) is 0 Å². The van der Waals surface area contributed by atoms with E-state index in [1.54, 1.807) is 18.5 Å². The lowest BCUT2D eigenvalue weighted by atomic mass is 10.7. The van der Waals surface area contributed by atoms with Crippen molar-refractivity contribution >= 4 is 24.3 Å². The Morgan fingerprint density at radius 1 is 1.27 bits per heavy atom. The molecule has 0 atom stereocenters. The fourth-order valence-corrected chi connectivity index (χ4v) is 0.464. The lowest BCUT2D eigenvalue weighted by Gasteiger charge is -1.89. The van der Waals surface area contributed by atoms with Crippen LogP contribution in [-0.2, 0) is 0 Å². The standard InChI is InChI=1S/C5H7N5.ClH/c6-4(7)10-5-8-2-1-3-9-5;/h1-3H,(H4,6,7,8,9,10);1H. The summed E-state index contributed by atoms with van der Waals surface area (Å²) >= 11 is 0. The van der Waals surface area contributed by atoms with E-state index in [0.29, 0.717) is 0 Å². The second-order valence-corrected chi connectivity index (χ2v) is 1.59. The molecule has 0 aliphatic heterocycles. The fourth-order valence-electron chi connectivity index (χ4n) is 0.464. The number of aromatic nitrogens is 2. The maximum atomic E-state index is 5.07. The van der Waals surface area contributed by atoms with E-state index in [4.69, 9.17) is 11.5 Å². The number of aliphatic imine (C=N–C) groups is 1. The van der Waals surface area contributed by atoms with Gasteiger partial charge in [-0.1, -0.05) is 0 Å². The van der Waals surface area contributed by atoms with Crippen LogP contribution >= 0.6 is 12.4 Å². The normalized spacial score (nSPS) is 8.00. The van der Waals surface area contributed by atoms with E-state index >= 15 is 0 Å². The van der Waals surface area contributed by atoms with Crippen molar-refractivity contribution in [3.05, 3.63) is 18.5 Å². The quantitative estimate of drug-likeness (QED) is 0.455. The van der Waals surface area contributed by atoms with Crippen molar-refractivity contribution in [2.45, 2.75) is 0 Å². The van der Waals surface area contributed by atoms with Crippen LogP contribution in [-0.4, -0.2) is 15.9 Å². The fraction of sp³-hybridized carbons (Fsp3) is 0. The molecule has 0 aromatic carbocycles. The van der Waals surface area contributed by atoms with Crippen molar-refractivity contribution in [1.82, 2.24) is 9.97 Å². The molecule has 0 unspecified atom stereocenters. The first-order valence-electron chi connectivity index (χ1n) is 2.65. The number of hydrogen-bond acceptors (Lipinski definition) is 3. The Kier molecular flexibility index (Phi) is 3.90. The number of nitrogens with two attached hydrogens (primary N) is 2. The molecule has 0 aliphatic rings. The molecule has 0 amide bonds. The molecule has 1 heterocycles. The first kappa shape index (κ1) is 9.64. The highest BCUT2D eigenvalue weighted by Gasteiger charge is 1.87. The van der Waals surface area contributed by atoms with Crippen LogP contribution in [0.5, 0.6) is 0 Å². The largest absolute Gasteiger partial charge is 0.370 e. The van der Waals surface area contributed by atoms with Crippen LogP contribution in [0.15, 0.2) is 23.5 Å². The van der Waals surface area contributed by atoms with E-state index in [1.807, 2.05) is 0 Å². The predicted octanol–water partition coefficient (Wildman–Crippen LogP) is -0.197. The van der Waals surface area contributed by atoms with Gasteiger partial charge in [-0.15, -0.1) is 12.4 Å². The van der Waals surface area contributed by atoms with Crippen LogP contribution in [0.4, 0.5) is 5.95 Å². The summed E-state index contributed by atoms with van der Waals surface area (Å²) in [5, 5.41) is 0. The molecule has 11 heavy (non-hydrogen) atoms. The Morgan fingerprint density at radius 3 is 2.27 bits per heavy atom. The lowest BCUT2D eigenvalue weighted by Crippen LogP contribution is -2.22. The molecule has 1 aromatic heterocycles. The van der Waals surface area contributed by atoms with Crippen LogP contribution in [0.1, 0.15) is 0 Å². The zero-order valence-corrected chi connectivity index (χ0v) is 6.45. The molecule has 0 bridgehead atoms. The number of rotatable bonds is 1. The summed E-state index contributed by atoms with van der Waals surface area (Å²) in [7, 11) is 0. The lowest BCUT2D eigenvalue weighted by molar-refractivity contribution is 1.13. The number of halogens is 1. The first-order valence-corrected chi connectivity index (χ1v) is 2.65. The van der Waals surface area contributed by atoms with Gasteiger partial charge in [-0.25, -0.2) is 9.97 Å². The number of hydrogen-bond donors (Lipinski definition) is 2. The van der Waals surface area contributed by atoms with Gasteiger partial charge >= 0.3 is 0 Å². The van der Waals surface area contributed by atoms with Gasteiger partial charge in [0.1, 0.15) is 0 Å². The Bertz CT molecular complexity index is 230. The summed E-state index contributed by atoms with van der Waals surface area (Å²) in [6.07, 6.45) is 3.13. The summed E-state index contributed by atoms with van der Waals surface area (Å²) in [6, 6.07) is 1.69. The van der Waals surface area contributed by atoms with E-state index in [2.05, 4.69) is 15.0 Å². The van der Waals surface area contributed by atoms with E-state index in [0.717, 1.165) is 0 Å². The highest BCUT2D eigenvalue weighted by atomic mass is 35.5. The summed E-state index contributed by atoms with van der Waals surface area (Å²) < 4.78 is 0. The SMILES string of the molecule is Cl.NC(N)=Nc1ncccn1. The maximum absolute atomic E-state index is 5.07. The summed E-state index contributed by atoms with van der Waals surface area (Å²) in [5.74, 6) is 0.244. The molecule has 1 aromatic rings. The molecule has 0 fully saturated rings. The molecule has 60 valence electrons. The minimum atomic E-state index is -0.0359. The van der Waals surface area contributed by atoms with Crippen molar-refractivity contribution in [2.24, 2.45) is 16.5 Å². The molecule has 4 N–H and O–H groups in total. The van der Waals surface area contributed by atoms with Crippen LogP contribution < -0.4 is 11.5 Å². The molecule has 0 saturated heterocycles. The van der Waals surface area contributed by atoms with Gasteiger partial charge in [0.05, 0.1) is 0 Å². The van der Waals surface area contributed by atoms with Crippen molar-refractivity contribution < 1.29 is 0 Å². The topological polar surface area (TPSA) is 90.2 Å². The van der Waals surface area contributed by atoms with Gasteiger partial charge in [-0.05, 0) is 6.07 Å². The van der Waals surface area contributed by atoms with Crippen LogP contribution in [0.25, 0.3) is 0 Å². The third-order valence-corrected chi connectivity index (χ3v) is 0.781. The van der Waals surface area contributed by atoms with Crippen molar-refractivity contribution in [1.29, 1.82) is 0 Å². The Hall–Kier alpha value is -1.36. The highest BCUT2D eigenvalue weighted by Crippen LogP contribution is 1.96. The third-order valence-electron chi connectivity index (χ3n) is 0.781. The third kappa shape index (κ3) is 3.36. The predicted molar refractivity (Wildman–Crippen MR) is 44.7 cm³/mol. The van der Waals surface area contributed by atoms with Crippen molar-refractivity contribution in [3.8, 4) is 0 Å². The molecule has 0 spiro atoms.